The van der Waals surface area contributed by atoms with Crippen molar-refractivity contribution in [2.75, 3.05) is 0 Å². The van der Waals surface area contributed by atoms with E-state index in [0.29, 0.717) is 11.5 Å². The molecule has 0 amide bonds. The van der Waals surface area contributed by atoms with Gasteiger partial charge < -0.3 is 4.74 Å². The first-order chi connectivity index (χ1) is 13.4. The van der Waals surface area contributed by atoms with Crippen molar-refractivity contribution >= 4 is 10.8 Å². The highest BCUT2D eigenvalue weighted by atomic mass is 19.4. The standard InChI is InChI=1S/C23H20F4O/c1-2-14-7-10-18-17-6-4-3-5-15(17)8-11-19(18)22(14)16-9-12-21(20(24)13-16)28-23(25,26)27/h3-6,8-9,11-14,22H,2,7,10H2,1H3/t14-,22-/m1/s1. The summed E-state index contributed by atoms with van der Waals surface area (Å²) in [6.07, 6.45) is -2.09. The van der Waals surface area contributed by atoms with Gasteiger partial charge in [-0.2, -0.15) is 0 Å². The van der Waals surface area contributed by atoms with E-state index in [9.17, 15) is 17.6 Å². The minimum Gasteiger partial charge on any atom is -0.403 e. The Morgan fingerprint density at radius 1 is 1.04 bits per heavy atom. The molecule has 0 aliphatic heterocycles. The third-order valence-electron chi connectivity index (χ3n) is 5.71. The molecule has 5 heteroatoms. The van der Waals surface area contributed by atoms with Crippen molar-refractivity contribution in [1.82, 2.24) is 0 Å². The Balaban J connectivity index is 1.80. The number of aryl methyl sites for hydroxylation is 1. The first-order valence-electron chi connectivity index (χ1n) is 9.43. The Morgan fingerprint density at radius 3 is 2.54 bits per heavy atom. The van der Waals surface area contributed by atoms with E-state index in [1.807, 2.05) is 12.1 Å². The van der Waals surface area contributed by atoms with Gasteiger partial charge >= 0.3 is 6.36 Å². The van der Waals surface area contributed by atoms with Crippen LogP contribution in [-0.2, 0) is 6.42 Å². The van der Waals surface area contributed by atoms with Gasteiger partial charge in [-0.3, -0.25) is 0 Å². The van der Waals surface area contributed by atoms with Crippen LogP contribution >= 0.6 is 0 Å². The first kappa shape index (κ1) is 18.8. The van der Waals surface area contributed by atoms with Gasteiger partial charge in [0.15, 0.2) is 11.6 Å². The SMILES string of the molecule is CC[C@@H]1CCc2c(ccc3ccccc23)[C@H]1c1ccc(OC(F)(F)F)c(F)c1. The lowest BCUT2D eigenvalue weighted by molar-refractivity contribution is -0.275. The molecule has 1 aliphatic carbocycles. The molecular weight excluding hydrogens is 368 g/mol. The van der Waals surface area contributed by atoms with Crippen molar-refractivity contribution in [1.29, 1.82) is 0 Å². The van der Waals surface area contributed by atoms with Crippen molar-refractivity contribution in [3.8, 4) is 5.75 Å². The molecule has 0 bridgehead atoms. The van der Waals surface area contributed by atoms with Gasteiger partial charge in [0.1, 0.15) is 0 Å². The lowest BCUT2D eigenvalue weighted by Crippen LogP contribution is -2.22. The van der Waals surface area contributed by atoms with Crippen LogP contribution in [0.3, 0.4) is 0 Å². The highest BCUT2D eigenvalue weighted by molar-refractivity contribution is 5.87. The van der Waals surface area contributed by atoms with E-state index >= 15 is 0 Å². The lowest BCUT2D eigenvalue weighted by Gasteiger charge is -2.34. The molecule has 0 saturated heterocycles. The molecule has 4 rings (SSSR count). The van der Waals surface area contributed by atoms with Crippen LogP contribution in [0.4, 0.5) is 17.6 Å². The molecular formula is C23H20F4O. The monoisotopic (exact) mass is 388 g/mol. The second-order valence-electron chi connectivity index (χ2n) is 7.28. The lowest BCUT2D eigenvalue weighted by atomic mass is 9.70. The van der Waals surface area contributed by atoms with Gasteiger partial charge in [-0.05, 0) is 58.4 Å². The highest BCUT2D eigenvalue weighted by Gasteiger charge is 2.34. The summed E-state index contributed by atoms with van der Waals surface area (Å²) in [5.74, 6) is -1.52. The van der Waals surface area contributed by atoms with Crippen LogP contribution in [0.2, 0.25) is 0 Å². The fourth-order valence-corrected chi connectivity index (χ4v) is 4.48. The number of benzene rings is 3. The van der Waals surface area contributed by atoms with Crippen LogP contribution in [0.5, 0.6) is 5.75 Å². The zero-order valence-electron chi connectivity index (χ0n) is 15.4. The molecule has 0 heterocycles. The third-order valence-corrected chi connectivity index (χ3v) is 5.71. The molecule has 1 aliphatic rings. The van der Waals surface area contributed by atoms with Crippen LogP contribution in [0.25, 0.3) is 10.8 Å². The number of fused-ring (bicyclic) bond motifs is 3. The first-order valence-corrected chi connectivity index (χ1v) is 9.43. The van der Waals surface area contributed by atoms with E-state index in [1.165, 1.54) is 17.0 Å². The molecule has 0 unspecified atom stereocenters. The Labute approximate surface area is 160 Å². The minimum atomic E-state index is -4.91. The van der Waals surface area contributed by atoms with Crippen LogP contribution in [0.15, 0.2) is 54.6 Å². The molecule has 2 atom stereocenters. The van der Waals surface area contributed by atoms with Gasteiger partial charge in [-0.15, -0.1) is 13.2 Å². The maximum atomic E-state index is 14.4. The Morgan fingerprint density at radius 2 is 1.82 bits per heavy atom. The topological polar surface area (TPSA) is 9.23 Å². The molecule has 0 radical (unpaired) electrons. The molecule has 1 nitrogen and oxygen atoms in total. The average molecular weight is 388 g/mol. The summed E-state index contributed by atoms with van der Waals surface area (Å²) in [7, 11) is 0. The van der Waals surface area contributed by atoms with E-state index in [-0.39, 0.29) is 5.92 Å². The van der Waals surface area contributed by atoms with Crippen LogP contribution < -0.4 is 4.74 Å². The third kappa shape index (κ3) is 3.46. The molecule has 0 saturated carbocycles. The number of halogens is 4. The van der Waals surface area contributed by atoms with E-state index in [1.54, 1.807) is 6.07 Å². The van der Waals surface area contributed by atoms with Crippen molar-refractivity contribution < 1.29 is 22.3 Å². The summed E-state index contributed by atoms with van der Waals surface area (Å²) in [6.45, 7) is 2.10. The number of hydrogen-bond donors (Lipinski definition) is 0. The van der Waals surface area contributed by atoms with E-state index in [0.717, 1.165) is 36.3 Å². The Bertz CT molecular complexity index is 1010. The molecule has 3 aromatic rings. The van der Waals surface area contributed by atoms with Gasteiger partial charge in [-0.25, -0.2) is 4.39 Å². The Kier molecular flexibility index (Phi) is 4.77. The minimum absolute atomic E-state index is 0.0483. The molecule has 28 heavy (non-hydrogen) atoms. The predicted molar refractivity (Wildman–Crippen MR) is 101 cm³/mol. The second-order valence-corrected chi connectivity index (χ2v) is 7.28. The molecule has 3 aromatic carbocycles. The van der Waals surface area contributed by atoms with E-state index in [4.69, 9.17) is 0 Å². The normalized spacial score (nSPS) is 19.5. The summed E-state index contributed by atoms with van der Waals surface area (Å²) >= 11 is 0. The second kappa shape index (κ2) is 7.12. The molecule has 0 aromatic heterocycles. The van der Waals surface area contributed by atoms with Crippen LogP contribution in [0, 0.1) is 11.7 Å². The quantitative estimate of drug-likeness (QED) is 0.440. The molecule has 146 valence electrons. The van der Waals surface area contributed by atoms with Gasteiger partial charge in [0.2, 0.25) is 0 Å². The van der Waals surface area contributed by atoms with Crippen molar-refractivity contribution in [3.05, 3.63) is 77.1 Å². The maximum Gasteiger partial charge on any atom is 0.573 e. The van der Waals surface area contributed by atoms with Crippen LogP contribution in [0.1, 0.15) is 42.4 Å². The number of ether oxygens (including phenoxy) is 1. The summed E-state index contributed by atoms with van der Waals surface area (Å²) in [5, 5.41) is 2.35. The summed E-state index contributed by atoms with van der Waals surface area (Å²) in [5.41, 5.74) is 3.08. The van der Waals surface area contributed by atoms with E-state index in [2.05, 4.69) is 35.9 Å². The number of rotatable bonds is 3. The number of alkyl halides is 3. The predicted octanol–water partition coefficient (Wildman–Crippen LogP) is 6.98. The van der Waals surface area contributed by atoms with Gasteiger partial charge in [0.05, 0.1) is 0 Å². The van der Waals surface area contributed by atoms with Crippen molar-refractivity contribution in [3.63, 3.8) is 0 Å². The van der Waals surface area contributed by atoms with E-state index < -0.39 is 17.9 Å². The van der Waals surface area contributed by atoms with Crippen molar-refractivity contribution in [2.45, 2.75) is 38.5 Å². The summed E-state index contributed by atoms with van der Waals surface area (Å²) in [6, 6.07) is 16.2. The largest absolute Gasteiger partial charge is 0.573 e. The van der Waals surface area contributed by atoms with Gasteiger partial charge in [-0.1, -0.05) is 55.8 Å². The fourth-order valence-electron chi connectivity index (χ4n) is 4.48. The summed E-state index contributed by atoms with van der Waals surface area (Å²) < 4.78 is 55.5. The zero-order chi connectivity index (χ0) is 19.9. The number of hydrogen-bond acceptors (Lipinski definition) is 1. The zero-order valence-corrected chi connectivity index (χ0v) is 15.4. The highest BCUT2D eigenvalue weighted by Crippen LogP contribution is 2.45. The summed E-state index contributed by atoms with van der Waals surface area (Å²) in [4.78, 5) is 0. The van der Waals surface area contributed by atoms with Crippen molar-refractivity contribution in [2.24, 2.45) is 5.92 Å². The smallest absolute Gasteiger partial charge is 0.403 e. The maximum absolute atomic E-state index is 14.4. The van der Waals surface area contributed by atoms with Gasteiger partial charge in [0, 0.05) is 5.92 Å². The van der Waals surface area contributed by atoms with Gasteiger partial charge in [0.25, 0.3) is 0 Å². The molecule has 0 spiro atoms. The molecule has 0 N–H and O–H groups in total. The van der Waals surface area contributed by atoms with Crippen LogP contribution in [-0.4, -0.2) is 6.36 Å². The Hall–Kier alpha value is -2.56. The fraction of sp³-hybridized carbons (Fsp3) is 0.304. The molecule has 0 fully saturated rings. The average Bonchev–Trinajstić information content (AvgIpc) is 2.67.